The number of nitrogens with zero attached hydrogens (tertiary/aromatic N) is 1. The molecule has 0 fully saturated rings. The third kappa shape index (κ3) is 1.74. The number of hydrogen-bond acceptors (Lipinski definition) is 2. The van der Waals surface area contributed by atoms with E-state index in [1.807, 2.05) is 0 Å². The quantitative estimate of drug-likeness (QED) is 0.754. The fourth-order valence-electron chi connectivity index (χ4n) is 1.23. The summed E-state index contributed by atoms with van der Waals surface area (Å²) >= 11 is 4.72. The van der Waals surface area contributed by atoms with Crippen molar-refractivity contribution in [2.45, 2.75) is 6.42 Å². The Morgan fingerprint density at radius 1 is 1.46 bits per heavy atom. The minimum atomic E-state index is -0.193. The maximum Gasteiger partial charge on any atom is 0.124 e. The number of rotatable bonds is 2. The molecule has 2 rings (SSSR count). The van der Waals surface area contributed by atoms with Crippen LogP contribution in [0.3, 0.4) is 0 Å². The van der Waals surface area contributed by atoms with Gasteiger partial charge in [0.1, 0.15) is 5.82 Å². The van der Waals surface area contributed by atoms with Gasteiger partial charge in [0.05, 0.1) is 10.4 Å². The van der Waals surface area contributed by atoms with Crippen LogP contribution in [-0.2, 0) is 6.42 Å². The van der Waals surface area contributed by atoms with Gasteiger partial charge in [-0.15, -0.1) is 0 Å². The molecule has 0 bridgehead atoms. The Hall–Kier alpha value is -0.480. The van der Waals surface area contributed by atoms with E-state index in [1.165, 1.54) is 23.7 Å². The monoisotopic (exact) mass is 259 g/mol. The SMILES string of the molecule is Fc1ccc2c(CCBr)nsc2c1. The molecule has 13 heavy (non-hydrogen) atoms. The zero-order valence-electron chi connectivity index (χ0n) is 6.76. The highest BCUT2D eigenvalue weighted by atomic mass is 79.9. The Bertz CT molecular complexity index is 426. The van der Waals surface area contributed by atoms with Crippen LogP contribution in [0.4, 0.5) is 4.39 Å². The van der Waals surface area contributed by atoms with Crippen LogP contribution in [-0.4, -0.2) is 9.70 Å². The van der Waals surface area contributed by atoms with Crippen LogP contribution in [0.15, 0.2) is 18.2 Å². The molecule has 0 aliphatic heterocycles. The summed E-state index contributed by atoms with van der Waals surface area (Å²) < 4.78 is 18.0. The summed E-state index contributed by atoms with van der Waals surface area (Å²) in [6.07, 6.45) is 0.894. The molecule has 1 aromatic heterocycles. The molecule has 1 heterocycles. The molecule has 0 N–H and O–H groups in total. The summed E-state index contributed by atoms with van der Waals surface area (Å²) in [5.74, 6) is -0.193. The van der Waals surface area contributed by atoms with E-state index < -0.39 is 0 Å². The molecule has 1 aromatic carbocycles. The molecule has 0 saturated heterocycles. The molecule has 0 unspecified atom stereocenters. The Labute approximate surface area is 87.9 Å². The van der Waals surface area contributed by atoms with E-state index in [2.05, 4.69) is 20.3 Å². The van der Waals surface area contributed by atoms with Crippen LogP contribution in [0.5, 0.6) is 0 Å². The van der Waals surface area contributed by atoms with Crippen LogP contribution in [0, 0.1) is 5.82 Å². The molecular formula is C9H7BrFNS. The Kier molecular flexibility index (Phi) is 2.60. The number of aryl methyl sites for hydroxylation is 1. The second-order valence-corrected chi connectivity index (χ2v) is 4.31. The molecule has 0 radical (unpaired) electrons. The fourth-order valence-corrected chi connectivity index (χ4v) is 2.46. The van der Waals surface area contributed by atoms with Crippen molar-refractivity contribution in [3.8, 4) is 0 Å². The lowest BCUT2D eigenvalue weighted by Gasteiger charge is -1.92. The van der Waals surface area contributed by atoms with Crippen molar-refractivity contribution in [1.82, 2.24) is 4.37 Å². The molecule has 4 heteroatoms. The molecular weight excluding hydrogens is 253 g/mol. The molecule has 0 aliphatic carbocycles. The van der Waals surface area contributed by atoms with Crippen LogP contribution >= 0.6 is 27.5 Å². The smallest absolute Gasteiger partial charge is 0.124 e. The largest absolute Gasteiger partial charge is 0.207 e. The first kappa shape index (κ1) is 9.09. The van der Waals surface area contributed by atoms with E-state index in [9.17, 15) is 4.39 Å². The molecule has 1 nitrogen and oxygen atoms in total. The van der Waals surface area contributed by atoms with Gasteiger partial charge in [0.15, 0.2) is 0 Å². The van der Waals surface area contributed by atoms with Crippen molar-refractivity contribution < 1.29 is 4.39 Å². The van der Waals surface area contributed by atoms with Gasteiger partial charge < -0.3 is 0 Å². The van der Waals surface area contributed by atoms with E-state index >= 15 is 0 Å². The van der Waals surface area contributed by atoms with E-state index in [0.717, 1.165) is 27.5 Å². The second kappa shape index (κ2) is 3.72. The van der Waals surface area contributed by atoms with E-state index in [1.54, 1.807) is 6.07 Å². The van der Waals surface area contributed by atoms with Gasteiger partial charge in [0.2, 0.25) is 0 Å². The first-order valence-electron chi connectivity index (χ1n) is 3.91. The van der Waals surface area contributed by atoms with Gasteiger partial charge in [-0.1, -0.05) is 15.9 Å². The number of fused-ring (bicyclic) bond motifs is 1. The van der Waals surface area contributed by atoms with Crippen LogP contribution in [0.2, 0.25) is 0 Å². The number of alkyl halides is 1. The first-order valence-corrected chi connectivity index (χ1v) is 5.80. The molecule has 0 amide bonds. The summed E-state index contributed by atoms with van der Waals surface area (Å²) in [7, 11) is 0. The average Bonchev–Trinajstić information content (AvgIpc) is 2.49. The van der Waals surface area contributed by atoms with Gasteiger partial charge in [-0.3, -0.25) is 0 Å². The first-order chi connectivity index (χ1) is 6.31. The van der Waals surface area contributed by atoms with Crippen molar-refractivity contribution in [2.24, 2.45) is 0 Å². The maximum atomic E-state index is 12.8. The molecule has 2 aromatic rings. The van der Waals surface area contributed by atoms with Crippen molar-refractivity contribution in [2.75, 3.05) is 5.33 Å². The van der Waals surface area contributed by atoms with Crippen molar-refractivity contribution in [3.63, 3.8) is 0 Å². The predicted molar refractivity (Wildman–Crippen MR) is 57.1 cm³/mol. The standard InChI is InChI=1S/C9H7BrFNS/c10-4-3-8-7-2-1-6(11)5-9(7)13-12-8/h1-2,5H,3-4H2. The summed E-state index contributed by atoms with van der Waals surface area (Å²) in [6, 6.07) is 4.81. The predicted octanol–water partition coefficient (Wildman–Crippen LogP) is 3.37. The Balaban J connectivity index is 2.55. The number of aromatic nitrogens is 1. The topological polar surface area (TPSA) is 12.9 Å². The van der Waals surface area contributed by atoms with Gasteiger partial charge in [0.25, 0.3) is 0 Å². The minimum absolute atomic E-state index is 0.193. The number of benzene rings is 1. The summed E-state index contributed by atoms with van der Waals surface area (Å²) in [5.41, 5.74) is 1.05. The summed E-state index contributed by atoms with van der Waals surface area (Å²) in [5, 5.41) is 1.97. The number of hydrogen-bond donors (Lipinski definition) is 0. The van der Waals surface area contributed by atoms with Gasteiger partial charge in [-0.05, 0) is 29.7 Å². The van der Waals surface area contributed by atoms with Gasteiger partial charge >= 0.3 is 0 Å². The number of halogens is 2. The van der Waals surface area contributed by atoms with Crippen molar-refractivity contribution in [1.29, 1.82) is 0 Å². The lowest BCUT2D eigenvalue weighted by molar-refractivity contribution is 0.630. The van der Waals surface area contributed by atoms with Crippen LogP contribution < -0.4 is 0 Å². The van der Waals surface area contributed by atoms with Crippen molar-refractivity contribution >= 4 is 37.5 Å². The Morgan fingerprint density at radius 2 is 2.31 bits per heavy atom. The fraction of sp³-hybridized carbons (Fsp3) is 0.222. The van der Waals surface area contributed by atoms with E-state index in [4.69, 9.17) is 0 Å². The van der Waals surface area contributed by atoms with Crippen LogP contribution in [0.1, 0.15) is 5.69 Å². The van der Waals surface area contributed by atoms with E-state index in [-0.39, 0.29) is 5.82 Å². The summed E-state index contributed by atoms with van der Waals surface area (Å²) in [6.45, 7) is 0. The highest BCUT2D eigenvalue weighted by Crippen LogP contribution is 2.24. The second-order valence-electron chi connectivity index (χ2n) is 2.71. The van der Waals surface area contributed by atoms with Crippen LogP contribution in [0.25, 0.3) is 10.1 Å². The molecule has 0 aliphatic rings. The third-order valence-electron chi connectivity index (χ3n) is 1.84. The molecule has 68 valence electrons. The summed E-state index contributed by atoms with van der Waals surface area (Å²) in [4.78, 5) is 0. The minimum Gasteiger partial charge on any atom is -0.207 e. The molecule has 0 spiro atoms. The highest BCUT2D eigenvalue weighted by molar-refractivity contribution is 9.09. The van der Waals surface area contributed by atoms with Gasteiger partial charge in [0, 0.05) is 17.1 Å². The third-order valence-corrected chi connectivity index (χ3v) is 3.08. The average molecular weight is 260 g/mol. The van der Waals surface area contributed by atoms with Crippen molar-refractivity contribution in [3.05, 3.63) is 29.7 Å². The molecule has 0 atom stereocenters. The normalized spacial score (nSPS) is 10.9. The zero-order chi connectivity index (χ0) is 9.26. The lowest BCUT2D eigenvalue weighted by Crippen LogP contribution is -1.85. The Morgan fingerprint density at radius 3 is 3.08 bits per heavy atom. The van der Waals surface area contributed by atoms with Gasteiger partial charge in [-0.25, -0.2) is 4.39 Å². The lowest BCUT2D eigenvalue weighted by atomic mass is 10.2. The highest BCUT2D eigenvalue weighted by Gasteiger charge is 2.05. The maximum absolute atomic E-state index is 12.8. The zero-order valence-corrected chi connectivity index (χ0v) is 9.16. The molecule has 0 saturated carbocycles. The van der Waals surface area contributed by atoms with E-state index in [0.29, 0.717) is 0 Å². The van der Waals surface area contributed by atoms with Gasteiger partial charge in [-0.2, -0.15) is 4.37 Å².